The molecule has 0 aliphatic rings. The van der Waals surface area contributed by atoms with Crippen LogP contribution in [0.3, 0.4) is 0 Å². The number of phenols is 1. The third kappa shape index (κ3) is 6.77. The zero-order valence-corrected chi connectivity index (χ0v) is 17.7. The molecule has 0 unspecified atom stereocenters. The van der Waals surface area contributed by atoms with Crippen molar-refractivity contribution in [2.75, 3.05) is 14.2 Å². The number of aromatic hydroxyl groups is 1. The summed E-state index contributed by atoms with van der Waals surface area (Å²) in [5, 5.41) is 20.0. The Bertz CT molecular complexity index is 903. The van der Waals surface area contributed by atoms with Gasteiger partial charge in [0.2, 0.25) is 0 Å². The maximum absolute atomic E-state index is 12.0. The van der Waals surface area contributed by atoms with Gasteiger partial charge in [0.25, 0.3) is 0 Å². The largest absolute Gasteiger partial charge is 1.00 e. The summed E-state index contributed by atoms with van der Waals surface area (Å²) in [6.45, 7) is 0. The van der Waals surface area contributed by atoms with Crippen LogP contribution in [0.4, 0.5) is 0 Å². The van der Waals surface area contributed by atoms with Crippen LogP contribution in [0.15, 0.2) is 48.6 Å². The molecule has 0 saturated carbocycles. The predicted octanol–water partition coefficient (Wildman–Crippen LogP) is -1.20. The third-order valence-corrected chi connectivity index (χ3v) is 3.43. The van der Waals surface area contributed by atoms with Gasteiger partial charge < -0.3 is 29.2 Å². The predicted molar refractivity (Wildman–Crippen MR) is 96.4 cm³/mol. The van der Waals surface area contributed by atoms with Crippen LogP contribution in [0.2, 0.25) is 0 Å². The van der Waals surface area contributed by atoms with Gasteiger partial charge in [-0.05, 0) is 47.5 Å². The first kappa shape index (κ1) is 23.3. The van der Waals surface area contributed by atoms with Gasteiger partial charge in [-0.3, -0.25) is 0 Å². The van der Waals surface area contributed by atoms with E-state index >= 15 is 0 Å². The molecule has 0 bridgehead atoms. The Morgan fingerprint density at radius 2 is 1.46 bits per heavy atom. The molecule has 0 aliphatic heterocycles. The smallest absolute Gasteiger partial charge is 0.545 e. The number of hydrogen-bond acceptors (Lipinski definition) is 7. The molecule has 1 N–H and O–H groups in total. The Morgan fingerprint density at radius 3 is 2.07 bits per heavy atom. The molecule has 0 atom stereocenters. The zero-order valence-electron chi connectivity index (χ0n) is 15.7. The Balaban J connectivity index is 0.00000392. The van der Waals surface area contributed by atoms with Crippen molar-refractivity contribution >= 4 is 24.1 Å². The molecule has 28 heavy (non-hydrogen) atoms. The summed E-state index contributed by atoms with van der Waals surface area (Å²) < 4.78 is 15.4. The minimum absolute atomic E-state index is 0. The van der Waals surface area contributed by atoms with E-state index in [0.29, 0.717) is 11.1 Å². The first-order chi connectivity index (χ1) is 12.9. The molecule has 2 aromatic carbocycles. The van der Waals surface area contributed by atoms with Gasteiger partial charge >= 0.3 is 35.5 Å². The molecule has 0 aliphatic carbocycles. The van der Waals surface area contributed by atoms with Gasteiger partial charge in [0.1, 0.15) is 0 Å². The number of rotatable bonds is 7. The van der Waals surface area contributed by atoms with Crippen LogP contribution in [-0.2, 0) is 9.59 Å². The molecule has 0 radical (unpaired) electrons. The summed E-state index contributed by atoms with van der Waals surface area (Å²) in [6.07, 6.45) is 4.94. The fourth-order valence-electron chi connectivity index (χ4n) is 2.14. The summed E-state index contributed by atoms with van der Waals surface area (Å²) in [4.78, 5) is 22.5. The fourth-order valence-corrected chi connectivity index (χ4v) is 2.14. The molecule has 0 fully saturated rings. The summed E-state index contributed by atoms with van der Waals surface area (Å²) in [6, 6.07) is 9.21. The van der Waals surface area contributed by atoms with Crippen molar-refractivity contribution in [3.8, 4) is 23.0 Å². The van der Waals surface area contributed by atoms with E-state index in [0.717, 1.165) is 6.08 Å². The Morgan fingerprint density at radius 1 is 0.893 bits per heavy atom. The van der Waals surface area contributed by atoms with E-state index in [2.05, 4.69) is 0 Å². The van der Waals surface area contributed by atoms with Gasteiger partial charge in [-0.15, -0.1) is 0 Å². The van der Waals surface area contributed by atoms with E-state index in [9.17, 15) is 19.8 Å². The van der Waals surface area contributed by atoms with Crippen LogP contribution in [0.1, 0.15) is 11.1 Å². The molecule has 7 nitrogen and oxygen atoms in total. The standard InChI is InChI=1S/C20H18O7.Na/c1-25-17-11-13(3-7-15(17)21)6-10-20(24)27-16-8-4-14(5-9-19(22)23)12-18(16)26-2;/h3-12,21H,1-2H3,(H,22,23);/q;+1/p-1. The zero-order chi connectivity index (χ0) is 19.8. The first-order valence-corrected chi connectivity index (χ1v) is 7.77. The molecule has 140 valence electrons. The van der Waals surface area contributed by atoms with Gasteiger partial charge in [-0.25, -0.2) is 4.79 Å². The van der Waals surface area contributed by atoms with Gasteiger partial charge in [0, 0.05) is 6.08 Å². The Labute approximate surface area is 184 Å². The Kier molecular flexibility index (Phi) is 9.31. The van der Waals surface area contributed by atoms with Gasteiger partial charge in [-0.2, -0.15) is 0 Å². The second-order valence-electron chi connectivity index (χ2n) is 5.25. The van der Waals surface area contributed by atoms with E-state index in [1.807, 2.05) is 0 Å². The first-order valence-electron chi connectivity index (χ1n) is 7.77. The maximum Gasteiger partial charge on any atom is 1.00 e. The van der Waals surface area contributed by atoms with E-state index in [-0.39, 0.29) is 52.6 Å². The number of carboxylic acids is 1. The van der Waals surface area contributed by atoms with E-state index < -0.39 is 11.9 Å². The molecule has 0 aromatic heterocycles. The van der Waals surface area contributed by atoms with Crippen molar-refractivity contribution in [2.45, 2.75) is 0 Å². The van der Waals surface area contributed by atoms with Gasteiger partial charge in [0.05, 0.1) is 20.2 Å². The number of aliphatic carboxylic acids is 1. The number of carboxylic acid groups (broad SMARTS) is 1. The van der Waals surface area contributed by atoms with E-state index in [4.69, 9.17) is 14.2 Å². The molecule has 0 heterocycles. The second-order valence-corrected chi connectivity index (χ2v) is 5.25. The molecule has 2 aromatic rings. The minimum Gasteiger partial charge on any atom is -0.545 e. The van der Waals surface area contributed by atoms with Crippen LogP contribution < -0.4 is 48.9 Å². The SMILES string of the molecule is COc1cc(C=CC(=O)Oc2ccc(C=CC(=O)[O-])cc2OC)ccc1O.[Na+]. The van der Waals surface area contributed by atoms with Crippen LogP contribution in [0.25, 0.3) is 12.2 Å². The monoisotopic (exact) mass is 392 g/mol. The van der Waals surface area contributed by atoms with Crippen molar-refractivity contribution < 1.29 is 63.6 Å². The average molecular weight is 392 g/mol. The molecular weight excluding hydrogens is 375 g/mol. The number of hydrogen-bond donors (Lipinski definition) is 1. The summed E-state index contributed by atoms with van der Waals surface area (Å²) >= 11 is 0. The molecule has 0 amide bonds. The van der Waals surface area contributed by atoms with Gasteiger partial charge in [0.15, 0.2) is 23.0 Å². The average Bonchev–Trinajstić information content (AvgIpc) is 2.66. The summed E-state index contributed by atoms with van der Waals surface area (Å²) in [7, 11) is 2.83. The van der Waals surface area contributed by atoms with Gasteiger partial charge in [-0.1, -0.05) is 18.2 Å². The molecule has 2 rings (SSSR count). The molecule has 0 saturated heterocycles. The van der Waals surface area contributed by atoms with Crippen LogP contribution >= 0.6 is 0 Å². The van der Waals surface area contributed by atoms with Crippen molar-refractivity contribution in [1.29, 1.82) is 0 Å². The van der Waals surface area contributed by atoms with Crippen molar-refractivity contribution in [3.05, 3.63) is 59.7 Å². The Hall–Kier alpha value is -2.74. The molecular formula is C20H17NaO7. The fraction of sp³-hybridized carbons (Fsp3) is 0.100. The van der Waals surface area contributed by atoms with Crippen LogP contribution in [-0.4, -0.2) is 31.3 Å². The number of ether oxygens (including phenoxy) is 3. The molecule has 0 spiro atoms. The number of methoxy groups -OCH3 is 2. The van der Waals surface area contributed by atoms with Crippen LogP contribution in [0, 0.1) is 0 Å². The summed E-state index contributed by atoms with van der Waals surface area (Å²) in [5.41, 5.74) is 1.18. The van der Waals surface area contributed by atoms with Crippen molar-refractivity contribution in [3.63, 3.8) is 0 Å². The number of carbonyl (C=O) groups excluding carboxylic acids is 2. The third-order valence-electron chi connectivity index (χ3n) is 3.43. The van der Waals surface area contributed by atoms with Crippen molar-refractivity contribution in [1.82, 2.24) is 0 Å². The minimum atomic E-state index is -1.32. The van der Waals surface area contributed by atoms with E-state index in [1.165, 1.54) is 50.6 Å². The topological polar surface area (TPSA) is 105 Å². The second kappa shape index (κ2) is 11.2. The molecule has 8 heteroatoms. The number of esters is 1. The quantitative estimate of drug-likeness (QED) is 0.273. The normalized spacial score (nSPS) is 10.5. The maximum atomic E-state index is 12.0. The summed E-state index contributed by atoms with van der Waals surface area (Å²) in [5.74, 6) is -1.23. The van der Waals surface area contributed by atoms with Crippen LogP contribution in [0.5, 0.6) is 23.0 Å². The van der Waals surface area contributed by atoms with E-state index in [1.54, 1.807) is 18.2 Å². The number of carbonyl (C=O) groups is 2. The van der Waals surface area contributed by atoms with Crippen molar-refractivity contribution in [2.24, 2.45) is 0 Å². The number of benzene rings is 2. The number of phenolic OH excluding ortho intramolecular Hbond substituents is 1.